The molecule has 34 heavy (non-hydrogen) atoms. The van der Waals surface area contributed by atoms with Gasteiger partial charge in [-0.1, -0.05) is 41.7 Å². The summed E-state index contributed by atoms with van der Waals surface area (Å²) in [7, 11) is 0. The zero-order valence-corrected chi connectivity index (χ0v) is 20.3. The predicted molar refractivity (Wildman–Crippen MR) is 135 cm³/mol. The first-order valence-electron chi connectivity index (χ1n) is 12.2. The second kappa shape index (κ2) is 10.5. The fraction of sp³-hybridized carbons (Fsp3) is 0.462. The van der Waals surface area contributed by atoms with Crippen molar-refractivity contribution in [3.63, 3.8) is 0 Å². The monoisotopic (exact) mass is 477 g/mol. The van der Waals surface area contributed by atoms with Crippen LogP contribution in [0.2, 0.25) is 0 Å². The Balaban J connectivity index is 1.03. The SMILES string of the molecule is O=C(CCC(=O)N1CCN(c2nc3cccnc3s2)CC1)N1CCC(Cc2ccccc2)CC1. The normalized spacial score (nSPS) is 17.4. The molecule has 2 aliphatic rings. The smallest absolute Gasteiger partial charge is 0.223 e. The topological polar surface area (TPSA) is 69.6 Å². The summed E-state index contributed by atoms with van der Waals surface area (Å²) >= 11 is 1.59. The number of benzene rings is 1. The number of pyridine rings is 1. The molecule has 4 heterocycles. The van der Waals surface area contributed by atoms with Crippen LogP contribution in [0.1, 0.15) is 31.2 Å². The molecular weight excluding hydrogens is 446 g/mol. The molecule has 2 aliphatic heterocycles. The second-order valence-corrected chi connectivity index (χ2v) is 10.2. The minimum Gasteiger partial charge on any atom is -0.344 e. The molecule has 7 nitrogen and oxygen atoms in total. The zero-order chi connectivity index (χ0) is 23.3. The summed E-state index contributed by atoms with van der Waals surface area (Å²) in [4.78, 5) is 41.5. The molecule has 2 amide bonds. The number of fused-ring (bicyclic) bond motifs is 1. The van der Waals surface area contributed by atoms with Gasteiger partial charge in [0.15, 0.2) is 5.13 Å². The summed E-state index contributed by atoms with van der Waals surface area (Å²) < 4.78 is 0. The average Bonchev–Trinajstić information content (AvgIpc) is 3.33. The highest BCUT2D eigenvalue weighted by atomic mass is 32.1. The van der Waals surface area contributed by atoms with Crippen LogP contribution in [-0.2, 0) is 16.0 Å². The molecule has 0 bridgehead atoms. The highest BCUT2D eigenvalue weighted by molar-refractivity contribution is 7.21. The first kappa shape index (κ1) is 22.8. The van der Waals surface area contributed by atoms with Crippen molar-refractivity contribution in [3.05, 3.63) is 54.2 Å². The number of amides is 2. The number of carbonyl (C=O) groups is 2. The molecule has 0 radical (unpaired) electrons. The van der Waals surface area contributed by atoms with E-state index in [0.29, 0.717) is 31.8 Å². The van der Waals surface area contributed by atoms with Crippen LogP contribution in [-0.4, -0.2) is 70.9 Å². The number of piperazine rings is 1. The van der Waals surface area contributed by atoms with Crippen molar-refractivity contribution in [3.8, 4) is 0 Å². The third-order valence-corrected chi connectivity index (χ3v) is 7.99. The Morgan fingerprint density at radius 3 is 2.21 bits per heavy atom. The maximum Gasteiger partial charge on any atom is 0.223 e. The summed E-state index contributed by atoms with van der Waals surface area (Å²) in [5.41, 5.74) is 2.29. The van der Waals surface area contributed by atoms with Gasteiger partial charge >= 0.3 is 0 Å². The molecule has 1 aromatic carbocycles. The molecule has 3 aromatic rings. The third kappa shape index (κ3) is 5.38. The zero-order valence-electron chi connectivity index (χ0n) is 19.4. The van der Waals surface area contributed by atoms with Gasteiger partial charge in [-0.05, 0) is 42.9 Å². The highest BCUT2D eigenvalue weighted by Gasteiger charge is 2.26. The molecule has 2 saturated heterocycles. The van der Waals surface area contributed by atoms with Gasteiger partial charge in [0.05, 0.1) is 0 Å². The van der Waals surface area contributed by atoms with Crippen molar-refractivity contribution in [2.24, 2.45) is 5.92 Å². The lowest BCUT2D eigenvalue weighted by atomic mass is 9.90. The maximum absolute atomic E-state index is 12.7. The first-order chi connectivity index (χ1) is 16.7. The quantitative estimate of drug-likeness (QED) is 0.543. The van der Waals surface area contributed by atoms with Crippen LogP contribution < -0.4 is 4.90 Å². The van der Waals surface area contributed by atoms with Gasteiger partial charge in [0.2, 0.25) is 11.8 Å². The van der Waals surface area contributed by atoms with Crippen LogP contribution in [0.3, 0.4) is 0 Å². The standard InChI is InChI=1S/C26H31N5O2S/c32-23(29-13-10-21(11-14-29)19-20-5-2-1-3-6-20)8-9-24(33)30-15-17-31(18-16-30)26-28-22-7-4-12-27-25(22)34-26/h1-7,12,21H,8-11,13-19H2. The van der Waals surface area contributed by atoms with Crippen LogP contribution in [0, 0.1) is 5.92 Å². The average molecular weight is 478 g/mol. The first-order valence-corrected chi connectivity index (χ1v) is 13.0. The van der Waals surface area contributed by atoms with Gasteiger partial charge in [-0.15, -0.1) is 0 Å². The van der Waals surface area contributed by atoms with E-state index in [4.69, 9.17) is 0 Å². The number of anilines is 1. The molecule has 0 aliphatic carbocycles. The Morgan fingerprint density at radius 1 is 0.853 bits per heavy atom. The van der Waals surface area contributed by atoms with E-state index >= 15 is 0 Å². The lowest BCUT2D eigenvalue weighted by Crippen LogP contribution is -2.49. The van der Waals surface area contributed by atoms with Crippen LogP contribution >= 0.6 is 11.3 Å². The van der Waals surface area contributed by atoms with Crippen LogP contribution in [0.15, 0.2) is 48.7 Å². The molecule has 2 fully saturated rings. The molecular formula is C26H31N5O2S. The molecule has 0 saturated carbocycles. The molecule has 178 valence electrons. The van der Waals surface area contributed by atoms with Gasteiger partial charge in [-0.3, -0.25) is 9.59 Å². The number of carbonyl (C=O) groups excluding carboxylic acids is 2. The van der Waals surface area contributed by atoms with Gasteiger partial charge in [0, 0.05) is 58.3 Å². The van der Waals surface area contributed by atoms with E-state index in [-0.39, 0.29) is 11.8 Å². The van der Waals surface area contributed by atoms with E-state index < -0.39 is 0 Å². The van der Waals surface area contributed by atoms with Crippen LogP contribution in [0.25, 0.3) is 10.3 Å². The minimum absolute atomic E-state index is 0.0814. The largest absolute Gasteiger partial charge is 0.344 e. The molecule has 0 spiro atoms. The summed E-state index contributed by atoms with van der Waals surface area (Å²) in [5.74, 6) is 0.834. The van der Waals surface area contributed by atoms with Crippen LogP contribution in [0.5, 0.6) is 0 Å². The second-order valence-electron chi connectivity index (χ2n) is 9.21. The molecule has 0 N–H and O–H groups in total. The van der Waals surface area contributed by atoms with Gasteiger partial charge in [0.25, 0.3) is 0 Å². The number of thiazole rings is 1. The Hall–Kier alpha value is -3.00. The molecule has 2 aromatic heterocycles. The fourth-order valence-corrected chi connectivity index (χ4v) is 5.87. The molecule has 8 heteroatoms. The Labute approximate surface area is 204 Å². The maximum atomic E-state index is 12.7. The summed E-state index contributed by atoms with van der Waals surface area (Å²) in [6.45, 7) is 4.46. The van der Waals surface area contributed by atoms with Crippen molar-refractivity contribution in [2.45, 2.75) is 32.1 Å². The Kier molecular flexibility index (Phi) is 7.04. The highest BCUT2D eigenvalue weighted by Crippen LogP contribution is 2.28. The third-order valence-electron chi connectivity index (χ3n) is 6.95. The number of likely N-dealkylation sites (tertiary alicyclic amines) is 1. The van der Waals surface area contributed by atoms with E-state index in [1.165, 1.54) is 5.56 Å². The van der Waals surface area contributed by atoms with Crippen molar-refractivity contribution >= 4 is 38.6 Å². The number of aromatic nitrogens is 2. The van der Waals surface area contributed by atoms with Crippen molar-refractivity contribution in [1.82, 2.24) is 19.8 Å². The van der Waals surface area contributed by atoms with E-state index in [2.05, 4.69) is 39.1 Å². The van der Waals surface area contributed by atoms with E-state index in [1.807, 2.05) is 28.0 Å². The molecule has 0 unspecified atom stereocenters. The van der Waals surface area contributed by atoms with E-state index in [9.17, 15) is 9.59 Å². The minimum atomic E-state index is 0.0814. The van der Waals surface area contributed by atoms with Crippen LogP contribution in [0.4, 0.5) is 5.13 Å². The van der Waals surface area contributed by atoms with Crippen molar-refractivity contribution < 1.29 is 9.59 Å². The lowest BCUT2D eigenvalue weighted by Gasteiger charge is -2.35. The van der Waals surface area contributed by atoms with Gasteiger partial charge in [-0.2, -0.15) is 0 Å². The number of hydrogen-bond acceptors (Lipinski definition) is 6. The summed E-state index contributed by atoms with van der Waals surface area (Å²) in [5, 5.41) is 0.964. The predicted octanol–water partition coefficient (Wildman–Crippen LogP) is 3.60. The number of hydrogen-bond donors (Lipinski definition) is 0. The number of piperidine rings is 1. The Morgan fingerprint density at radius 2 is 1.53 bits per heavy atom. The Bertz CT molecular complexity index is 1090. The van der Waals surface area contributed by atoms with E-state index in [0.717, 1.165) is 60.9 Å². The van der Waals surface area contributed by atoms with Crippen molar-refractivity contribution in [1.29, 1.82) is 0 Å². The van der Waals surface area contributed by atoms with Gasteiger partial charge in [-0.25, -0.2) is 9.97 Å². The van der Waals surface area contributed by atoms with Gasteiger partial charge < -0.3 is 14.7 Å². The number of nitrogens with zero attached hydrogens (tertiary/aromatic N) is 5. The lowest BCUT2D eigenvalue weighted by molar-refractivity contribution is -0.138. The summed E-state index contributed by atoms with van der Waals surface area (Å²) in [6.07, 6.45) is 5.56. The van der Waals surface area contributed by atoms with Crippen molar-refractivity contribution in [2.75, 3.05) is 44.2 Å². The fourth-order valence-electron chi connectivity index (χ4n) is 4.90. The number of rotatable bonds is 6. The summed E-state index contributed by atoms with van der Waals surface area (Å²) in [6, 6.07) is 14.5. The molecule has 5 rings (SSSR count). The van der Waals surface area contributed by atoms with E-state index in [1.54, 1.807) is 17.5 Å². The van der Waals surface area contributed by atoms with Gasteiger partial charge in [0.1, 0.15) is 10.3 Å². The molecule has 0 atom stereocenters.